The fourth-order valence-electron chi connectivity index (χ4n) is 6.61. The lowest BCUT2D eigenvalue weighted by Gasteiger charge is -2.40. The lowest BCUT2D eigenvalue weighted by atomic mass is 9.85. The Labute approximate surface area is 237 Å². The van der Waals surface area contributed by atoms with E-state index in [2.05, 4.69) is 14.7 Å². The van der Waals surface area contributed by atoms with Crippen LogP contribution in [0.3, 0.4) is 0 Å². The molecule has 1 aromatic heterocycles. The molecule has 1 amide bonds. The van der Waals surface area contributed by atoms with Crippen LogP contribution in [-0.2, 0) is 11.2 Å². The third-order valence-corrected chi connectivity index (χ3v) is 9.41. The zero-order valence-electron chi connectivity index (χ0n) is 24.5. The summed E-state index contributed by atoms with van der Waals surface area (Å²) in [7, 11) is 0. The fourth-order valence-corrected chi connectivity index (χ4v) is 6.61. The van der Waals surface area contributed by atoms with Crippen LogP contribution < -0.4 is 19.4 Å². The van der Waals surface area contributed by atoms with Crippen LogP contribution in [0, 0.1) is 20.8 Å². The number of hydrogen-bond donors (Lipinski definition) is 1. The number of benzene rings is 1. The topological polar surface area (TPSA) is 98.2 Å². The Balaban J connectivity index is 1.12. The highest BCUT2D eigenvalue weighted by atomic mass is 16.5. The lowest BCUT2D eigenvalue weighted by Crippen LogP contribution is -2.51. The van der Waals surface area contributed by atoms with Crippen molar-refractivity contribution in [1.82, 2.24) is 19.9 Å². The van der Waals surface area contributed by atoms with Crippen LogP contribution in [0.4, 0.5) is 17.8 Å². The Morgan fingerprint density at radius 3 is 1.80 bits per heavy atom. The van der Waals surface area contributed by atoms with Crippen LogP contribution in [0.2, 0.25) is 0 Å². The number of nitrogens with zero attached hydrogens (tertiary/aromatic N) is 7. The molecule has 5 heterocycles. The van der Waals surface area contributed by atoms with Crippen LogP contribution in [0.1, 0.15) is 67.7 Å². The fraction of sp³-hybridized carbons (Fsp3) is 0.667. The number of ether oxygens (including phenoxy) is 1. The molecule has 1 aromatic carbocycles. The van der Waals surface area contributed by atoms with Crippen molar-refractivity contribution < 1.29 is 14.6 Å². The Morgan fingerprint density at radius 2 is 1.27 bits per heavy atom. The van der Waals surface area contributed by atoms with Gasteiger partial charge in [-0.3, -0.25) is 4.79 Å². The van der Waals surface area contributed by atoms with Gasteiger partial charge in [-0.25, -0.2) is 0 Å². The van der Waals surface area contributed by atoms with Gasteiger partial charge in [-0.15, -0.1) is 0 Å². The third-order valence-electron chi connectivity index (χ3n) is 9.41. The molecule has 216 valence electrons. The molecule has 1 N–H and O–H groups in total. The number of aromatic hydroxyl groups is 1. The van der Waals surface area contributed by atoms with Gasteiger partial charge in [0.25, 0.3) is 0 Å². The van der Waals surface area contributed by atoms with Gasteiger partial charge in [0.15, 0.2) is 0 Å². The van der Waals surface area contributed by atoms with Crippen molar-refractivity contribution >= 4 is 23.8 Å². The number of aromatic nitrogens is 3. The zero-order valence-corrected chi connectivity index (χ0v) is 24.5. The molecule has 1 atom stereocenters. The number of hydrogen-bond acceptors (Lipinski definition) is 9. The minimum Gasteiger partial charge on any atom is -0.507 e. The average Bonchev–Trinajstić information content (AvgIpc) is 3.70. The predicted octanol–water partition coefficient (Wildman–Crippen LogP) is 3.53. The van der Waals surface area contributed by atoms with Gasteiger partial charge in [-0.2, -0.15) is 15.0 Å². The minimum absolute atomic E-state index is 0.127. The summed E-state index contributed by atoms with van der Waals surface area (Å²) in [6.45, 7) is 14.6. The van der Waals surface area contributed by atoms with Crippen LogP contribution >= 0.6 is 0 Å². The molecule has 3 saturated heterocycles. The van der Waals surface area contributed by atoms with E-state index >= 15 is 0 Å². The molecular formula is C30H43N7O3. The van der Waals surface area contributed by atoms with E-state index in [4.69, 9.17) is 19.7 Å². The summed E-state index contributed by atoms with van der Waals surface area (Å²) in [5, 5.41) is 10.5. The van der Waals surface area contributed by atoms with Gasteiger partial charge in [0.2, 0.25) is 23.8 Å². The molecule has 4 aliphatic heterocycles. The predicted molar refractivity (Wildman–Crippen MR) is 156 cm³/mol. The molecule has 0 spiro atoms. The molecule has 3 fully saturated rings. The van der Waals surface area contributed by atoms with E-state index in [0.29, 0.717) is 38.3 Å². The van der Waals surface area contributed by atoms with E-state index < -0.39 is 5.60 Å². The molecule has 2 aromatic rings. The van der Waals surface area contributed by atoms with E-state index in [0.717, 1.165) is 84.9 Å². The molecular weight excluding hydrogens is 506 g/mol. The van der Waals surface area contributed by atoms with E-state index in [1.165, 1.54) is 25.7 Å². The zero-order chi connectivity index (χ0) is 28.0. The summed E-state index contributed by atoms with van der Waals surface area (Å²) in [6.07, 6.45) is 6.59. The maximum Gasteiger partial charge on any atom is 0.232 e. The maximum atomic E-state index is 13.5. The second-order valence-electron chi connectivity index (χ2n) is 12.3. The molecule has 0 bridgehead atoms. The average molecular weight is 550 g/mol. The van der Waals surface area contributed by atoms with Crippen molar-refractivity contribution in [1.29, 1.82) is 0 Å². The first kappa shape index (κ1) is 26.9. The summed E-state index contributed by atoms with van der Waals surface area (Å²) in [4.78, 5) is 36.9. The summed E-state index contributed by atoms with van der Waals surface area (Å²) < 4.78 is 6.54. The smallest absolute Gasteiger partial charge is 0.232 e. The number of carbonyl (C=O) groups excluding carboxylic acids is 1. The summed E-state index contributed by atoms with van der Waals surface area (Å²) in [5.74, 6) is 3.64. The highest BCUT2D eigenvalue weighted by molar-refractivity contribution is 5.78. The number of amides is 1. The van der Waals surface area contributed by atoms with E-state index in [1.807, 2.05) is 32.6 Å². The largest absolute Gasteiger partial charge is 0.507 e. The molecule has 4 aliphatic rings. The van der Waals surface area contributed by atoms with Crippen molar-refractivity contribution in [2.75, 3.05) is 67.1 Å². The second kappa shape index (κ2) is 10.6. The van der Waals surface area contributed by atoms with E-state index in [-0.39, 0.29) is 5.91 Å². The van der Waals surface area contributed by atoms with Gasteiger partial charge in [-0.1, -0.05) is 0 Å². The van der Waals surface area contributed by atoms with E-state index in [1.54, 1.807) is 0 Å². The van der Waals surface area contributed by atoms with Crippen molar-refractivity contribution in [3.8, 4) is 11.5 Å². The van der Waals surface area contributed by atoms with Crippen molar-refractivity contribution in [3.05, 3.63) is 22.3 Å². The van der Waals surface area contributed by atoms with Crippen LogP contribution in [0.15, 0.2) is 0 Å². The monoisotopic (exact) mass is 549 g/mol. The van der Waals surface area contributed by atoms with Gasteiger partial charge >= 0.3 is 0 Å². The molecule has 0 radical (unpaired) electrons. The van der Waals surface area contributed by atoms with Crippen LogP contribution in [0.25, 0.3) is 0 Å². The number of phenols is 1. The summed E-state index contributed by atoms with van der Waals surface area (Å²) >= 11 is 0. The van der Waals surface area contributed by atoms with Crippen LogP contribution in [0.5, 0.6) is 11.5 Å². The molecule has 0 aliphatic carbocycles. The maximum absolute atomic E-state index is 13.5. The van der Waals surface area contributed by atoms with Gasteiger partial charge in [-0.05, 0) is 82.9 Å². The number of anilines is 3. The van der Waals surface area contributed by atoms with Gasteiger partial charge in [0.1, 0.15) is 17.1 Å². The summed E-state index contributed by atoms with van der Waals surface area (Å²) in [6, 6.07) is 0. The Bertz CT molecular complexity index is 1250. The highest BCUT2D eigenvalue weighted by Crippen LogP contribution is 2.44. The standard InChI is InChI=1S/C30H43N7O3/c1-20-21(2)26-23(22(3)25(20)39)9-10-30(4,40-26)19-24(38)34-15-17-37(18-16-34)29-32-27(35-11-5-6-12-35)31-28(33-29)36-13-7-8-14-36/h39H,5-19H2,1-4H3. The second-order valence-corrected chi connectivity index (χ2v) is 12.3. The number of piperazine rings is 1. The van der Waals surface area contributed by atoms with Gasteiger partial charge in [0.05, 0.1) is 6.42 Å². The highest BCUT2D eigenvalue weighted by Gasteiger charge is 2.38. The third kappa shape index (κ3) is 5.01. The molecule has 0 saturated carbocycles. The number of phenolic OH excluding ortho intramolecular Hbond substituents is 1. The van der Waals surface area contributed by atoms with Crippen molar-refractivity contribution in [3.63, 3.8) is 0 Å². The summed E-state index contributed by atoms with van der Waals surface area (Å²) in [5.41, 5.74) is 3.21. The molecule has 40 heavy (non-hydrogen) atoms. The van der Waals surface area contributed by atoms with Crippen molar-refractivity contribution in [2.24, 2.45) is 0 Å². The Morgan fingerprint density at radius 1 is 0.775 bits per heavy atom. The van der Waals surface area contributed by atoms with E-state index in [9.17, 15) is 9.90 Å². The van der Waals surface area contributed by atoms with Crippen molar-refractivity contribution in [2.45, 2.75) is 78.2 Å². The number of rotatable bonds is 5. The first-order chi connectivity index (χ1) is 19.2. The number of carbonyl (C=O) groups is 1. The SMILES string of the molecule is Cc1c(C)c2c(c(C)c1O)CCC(C)(CC(=O)N1CCN(c3nc(N4CCCC4)nc(N4CCCC4)n3)CC1)O2. The quantitative estimate of drug-likeness (QED) is 0.601. The Kier molecular flexibility index (Phi) is 7.12. The lowest BCUT2D eigenvalue weighted by molar-refractivity contribution is -0.135. The Hall–Kier alpha value is -3.30. The number of fused-ring (bicyclic) bond motifs is 1. The normalized spacial score (nSPS) is 23.0. The first-order valence-corrected chi connectivity index (χ1v) is 15.0. The minimum atomic E-state index is -0.564. The van der Waals surface area contributed by atoms with Gasteiger partial charge < -0.3 is 29.4 Å². The molecule has 10 heteroatoms. The molecule has 1 unspecified atom stereocenters. The molecule has 6 rings (SSSR count). The van der Waals surface area contributed by atoms with Gasteiger partial charge in [0, 0.05) is 57.9 Å². The molecule has 10 nitrogen and oxygen atoms in total. The van der Waals surface area contributed by atoms with Crippen LogP contribution in [-0.4, -0.2) is 88.8 Å². The first-order valence-electron chi connectivity index (χ1n) is 15.0.